The van der Waals surface area contributed by atoms with E-state index in [0.717, 1.165) is 25.0 Å². The van der Waals surface area contributed by atoms with Gasteiger partial charge >= 0.3 is 5.97 Å². The molecular weight excluding hydrogens is 258 g/mol. The maximum atomic E-state index is 12.4. The van der Waals surface area contributed by atoms with Gasteiger partial charge in [-0.3, -0.25) is 14.3 Å². The summed E-state index contributed by atoms with van der Waals surface area (Å²) >= 11 is 0. The summed E-state index contributed by atoms with van der Waals surface area (Å²) in [5.41, 5.74) is 0.947. The lowest BCUT2D eigenvalue weighted by Gasteiger charge is -2.26. The van der Waals surface area contributed by atoms with Crippen LogP contribution in [0.3, 0.4) is 0 Å². The van der Waals surface area contributed by atoms with Gasteiger partial charge in [-0.2, -0.15) is 5.10 Å². The molecule has 0 aliphatic heterocycles. The Hall–Kier alpha value is -1.85. The Balaban J connectivity index is 1.77. The third kappa shape index (κ3) is 1.99. The molecule has 0 radical (unpaired) electrons. The maximum Gasteiger partial charge on any atom is 0.307 e. The molecule has 0 unspecified atom stereocenters. The van der Waals surface area contributed by atoms with Crippen LogP contribution < -0.4 is 5.32 Å². The quantitative estimate of drug-likeness (QED) is 0.875. The van der Waals surface area contributed by atoms with E-state index in [2.05, 4.69) is 10.4 Å². The molecule has 0 aromatic carbocycles. The number of aliphatic carboxylic acids is 1. The van der Waals surface area contributed by atoms with Crippen molar-refractivity contribution in [2.75, 3.05) is 5.32 Å². The van der Waals surface area contributed by atoms with Gasteiger partial charge in [0, 0.05) is 18.8 Å². The molecule has 6 nitrogen and oxygen atoms in total. The van der Waals surface area contributed by atoms with E-state index in [4.69, 9.17) is 0 Å². The Morgan fingerprint density at radius 2 is 2.00 bits per heavy atom. The number of aromatic nitrogens is 2. The average Bonchev–Trinajstić information content (AvgIpc) is 3.04. The normalized spacial score (nSPS) is 31.5. The predicted octanol–water partition coefficient (Wildman–Crippen LogP) is 1.41. The highest BCUT2D eigenvalue weighted by atomic mass is 16.4. The largest absolute Gasteiger partial charge is 0.481 e. The summed E-state index contributed by atoms with van der Waals surface area (Å²) < 4.78 is 1.69. The van der Waals surface area contributed by atoms with E-state index in [1.807, 2.05) is 14.0 Å². The number of carbonyl (C=O) groups is 2. The van der Waals surface area contributed by atoms with Crippen molar-refractivity contribution < 1.29 is 14.7 Å². The van der Waals surface area contributed by atoms with Gasteiger partial charge in [0.15, 0.2) is 5.82 Å². The van der Waals surface area contributed by atoms with E-state index in [1.165, 1.54) is 0 Å². The summed E-state index contributed by atoms with van der Waals surface area (Å²) in [5.74, 6) is -1.09. The van der Waals surface area contributed by atoms with Crippen molar-refractivity contribution in [3.05, 3.63) is 11.8 Å². The first kappa shape index (κ1) is 13.1. The Morgan fingerprint density at radius 3 is 2.55 bits per heavy atom. The monoisotopic (exact) mass is 277 g/mol. The van der Waals surface area contributed by atoms with Gasteiger partial charge in [-0.1, -0.05) is 0 Å². The van der Waals surface area contributed by atoms with Gasteiger partial charge in [-0.25, -0.2) is 0 Å². The average molecular weight is 277 g/mol. The fraction of sp³-hybridized carbons (Fsp3) is 0.643. The molecule has 1 aromatic heterocycles. The number of carboxylic acids is 1. The molecule has 2 aliphatic carbocycles. The first-order valence-corrected chi connectivity index (χ1v) is 7.01. The highest BCUT2D eigenvalue weighted by Crippen LogP contribution is 2.52. The molecule has 2 N–H and O–H groups in total. The first-order chi connectivity index (χ1) is 9.47. The standard InChI is InChI=1S/C14H19N3O3/c1-7-5-10(16-17(7)2)15-13(18)11-8-3-4-9(6-8)12(11)14(19)20/h5,8-9,11-12H,3-4,6H2,1-2H3,(H,19,20)(H,15,16,18)/t8-,9-,11-,12-/m0/s1. The minimum atomic E-state index is -0.838. The third-order valence-corrected chi connectivity index (χ3v) is 4.87. The van der Waals surface area contributed by atoms with Crippen LogP contribution in [0.2, 0.25) is 0 Å². The van der Waals surface area contributed by atoms with Crippen LogP contribution in [0.1, 0.15) is 25.0 Å². The van der Waals surface area contributed by atoms with Crippen molar-refractivity contribution in [1.29, 1.82) is 0 Å². The fourth-order valence-corrected chi connectivity index (χ4v) is 3.86. The second-order valence-electron chi connectivity index (χ2n) is 6.01. The van der Waals surface area contributed by atoms with E-state index >= 15 is 0 Å². The Bertz CT molecular complexity index is 547. The molecule has 6 heteroatoms. The van der Waals surface area contributed by atoms with Gasteiger partial charge in [0.1, 0.15) is 0 Å². The predicted molar refractivity (Wildman–Crippen MR) is 72.0 cm³/mol. The summed E-state index contributed by atoms with van der Waals surface area (Å²) in [6.45, 7) is 1.90. The smallest absolute Gasteiger partial charge is 0.307 e. The number of aryl methyl sites for hydroxylation is 2. The number of carbonyl (C=O) groups excluding carboxylic acids is 1. The number of amides is 1. The van der Waals surface area contributed by atoms with Gasteiger partial charge in [-0.05, 0) is 38.0 Å². The molecule has 0 spiro atoms. The van der Waals surface area contributed by atoms with Crippen LogP contribution in [-0.4, -0.2) is 26.8 Å². The zero-order chi connectivity index (χ0) is 14.4. The van der Waals surface area contributed by atoms with Crippen molar-refractivity contribution >= 4 is 17.7 Å². The number of nitrogens with zero attached hydrogens (tertiary/aromatic N) is 2. The number of hydrogen-bond acceptors (Lipinski definition) is 3. The van der Waals surface area contributed by atoms with Crippen molar-refractivity contribution in [2.24, 2.45) is 30.7 Å². The lowest BCUT2D eigenvalue weighted by molar-refractivity contribution is -0.148. The number of nitrogens with one attached hydrogen (secondary N) is 1. The number of anilines is 1. The number of rotatable bonds is 3. The minimum Gasteiger partial charge on any atom is -0.481 e. The number of fused-ring (bicyclic) bond motifs is 2. The van der Waals surface area contributed by atoms with E-state index in [1.54, 1.807) is 10.7 Å². The molecule has 2 saturated carbocycles. The third-order valence-electron chi connectivity index (χ3n) is 4.87. The summed E-state index contributed by atoms with van der Waals surface area (Å²) in [5, 5.41) is 16.3. The highest BCUT2D eigenvalue weighted by Gasteiger charge is 2.54. The molecule has 20 heavy (non-hydrogen) atoms. The van der Waals surface area contributed by atoms with Crippen molar-refractivity contribution in [2.45, 2.75) is 26.2 Å². The van der Waals surface area contributed by atoms with Crippen molar-refractivity contribution in [1.82, 2.24) is 9.78 Å². The summed E-state index contributed by atoms with van der Waals surface area (Å²) in [6.07, 6.45) is 2.78. The van der Waals surface area contributed by atoms with Crippen LogP contribution >= 0.6 is 0 Å². The highest BCUT2D eigenvalue weighted by molar-refractivity contribution is 5.95. The van der Waals surface area contributed by atoms with E-state index in [-0.39, 0.29) is 17.7 Å². The van der Waals surface area contributed by atoms with Crippen LogP contribution in [0.5, 0.6) is 0 Å². The first-order valence-electron chi connectivity index (χ1n) is 7.01. The molecule has 1 heterocycles. The van der Waals surface area contributed by atoms with Crippen LogP contribution in [0.25, 0.3) is 0 Å². The molecule has 2 fully saturated rings. The van der Waals surface area contributed by atoms with Crippen LogP contribution in [0.4, 0.5) is 5.82 Å². The summed E-state index contributed by atoms with van der Waals surface area (Å²) in [7, 11) is 1.81. The van der Waals surface area contributed by atoms with Crippen LogP contribution in [-0.2, 0) is 16.6 Å². The van der Waals surface area contributed by atoms with Crippen molar-refractivity contribution in [3.8, 4) is 0 Å². The Labute approximate surface area is 117 Å². The number of carboxylic acid groups (broad SMARTS) is 1. The zero-order valence-corrected chi connectivity index (χ0v) is 11.7. The second kappa shape index (κ2) is 4.61. The molecule has 2 aliphatic rings. The van der Waals surface area contributed by atoms with Gasteiger partial charge in [-0.15, -0.1) is 0 Å². The molecule has 3 rings (SSSR count). The molecular formula is C14H19N3O3. The fourth-order valence-electron chi connectivity index (χ4n) is 3.86. The number of hydrogen-bond donors (Lipinski definition) is 2. The van der Waals surface area contributed by atoms with E-state index < -0.39 is 17.8 Å². The summed E-state index contributed by atoms with van der Waals surface area (Å²) in [4.78, 5) is 23.8. The second-order valence-corrected chi connectivity index (χ2v) is 6.01. The molecule has 1 aromatic rings. The molecule has 108 valence electrons. The van der Waals surface area contributed by atoms with Crippen LogP contribution in [0, 0.1) is 30.6 Å². The molecule has 4 atom stereocenters. The Kier molecular flexibility index (Phi) is 3.03. The molecule has 2 bridgehead atoms. The van der Waals surface area contributed by atoms with Crippen molar-refractivity contribution in [3.63, 3.8) is 0 Å². The molecule has 1 amide bonds. The molecule has 0 saturated heterocycles. The minimum absolute atomic E-state index is 0.165. The van der Waals surface area contributed by atoms with Crippen LogP contribution in [0.15, 0.2) is 6.07 Å². The van der Waals surface area contributed by atoms with E-state index in [0.29, 0.717) is 5.82 Å². The lowest BCUT2D eigenvalue weighted by atomic mass is 9.79. The van der Waals surface area contributed by atoms with E-state index in [9.17, 15) is 14.7 Å². The Morgan fingerprint density at radius 1 is 1.35 bits per heavy atom. The zero-order valence-electron chi connectivity index (χ0n) is 11.7. The van der Waals surface area contributed by atoms with Gasteiger partial charge in [0.2, 0.25) is 5.91 Å². The lowest BCUT2D eigenvalue weighted by Crippen LogP contribution is -2.37. The van der Waals surface area contributed by atoms with Gasteiger partial charge in [0.05, 0.1) is 11.8 Å². The summed E-state index contributed by atoms with van der Waals surface area (Å²) in [6, 6.07) is 1.79. The maximum absolute atomic E-state index is 12.4. The van der Waals surface area contributed by atoms with Gasteiger partial charge < -0.3 is 10.4 Å². The SMILES string of the molecule is Cc1cc(NC(=O)[C@H]2[C@H]3CC[C@@H](C3)[C@@H]2C(=O)O)nn1C. The topological polar surface area (TPSA) is 84.2 Å². The van der Waals surface area contributed by atoms with Gasteiger partial charge in [0.25, 0.3) is 0 Å².